The largest absolute Gasteiger partial charge is 0.293 e. The second kappa shape index (κ2) is 8.99. The van der Waals surface area contributed by atoms with Crippen molar-refractivity contribution in [3.63, 3.8) is 0 Å². The second-order valence-electron chi connectivity index (χ2n) is 6.21. The van der Waals surface area contributed by atoms with Gasteiger partial charge in [-0.15, -0.1) is 0 Å². The van der Waals surface area contributed by atoms with E-state index in [0.29, 0.717) is 12.0 Å². The van der Waals surface area contributed by atoms with Crippen LogP contribution in [0.5, 0.6) is 0 Å². The minimum Gasteiger partial charge on any atom is -0.293 e. The standard InChI is InChI=1S/C23H23N3O/c1-3-17(14-15-24-4-2)16-21-19-12-8-9-13-20(19)25-23(26-21)22(27)18-10-6-5-7-11-18/h5-15H,3-4,16H2,1-2H3/b17-14+,24-15?. The molecule has 0 atom stereocenters. The molecule has 0 aliphatic carbocycles. The van der Waals surface area contributed by atoms with Crippen molar-refractivity contribution in [2.45, 2.75) is 26.7 Å². The Morgan fingerprint density at radius 1 is 1.00 bits per heavy atom. The summed E-state index contributed by atoms with van der Waals surface area (Å²) in [6, 6.07) is 17.0. The van der Waals surface area contributed by atoms with Crippen molar-refractivity contribution < 1.29 is 4.79 Å². The first-order valence-corrected chi connectivity index (χ1v) is 9.26. The van der Waals surface area contributed by atoms with Crippen LogP contribution in [0.2, 0.25) is 0 Å². The average molecular weight is 357 g/mol. The zero-order chi connectivity index (χ0) is 19.1. The Kier molecular flexibility index (Phi) is 6.21. The number of allylic oxidation sites excluding steroid dienone is 2. The maximum atomic E-state index is 12.8. The van der Waals surface area contributed by atoms with Crippen LogP contribution in [0.4, 0.5) is 0 Å². The summed E-state index contributed by atoms with van der Waals surface area (Å²) in [7, 11) is 0. The van der Waals surface area contributed by atoms with E-state index in [9.17, 15) is 4.79 Å². The number of rotatable bonds is 7. The number of para-hydroxylation sites is 1. The van der Waals surface area contributed by atoms with Crippen LogP contribution in [0.15, 0.2) is 71.2 Å². The van der Waals surface area contributed by atoms with E-state index in [-0.39, 0.29) is 11.6 Å². The Balaban J connectivity index is 2.04. The van der Waals surface area contributed by atoms with E-state index in [0.717, 1.165) is 29.6 Å². The van der Waals surface area contributed by atoms with E-state index in [2.05, 4.69) is 21.9 Å². The summed E-state index contributed by atoms with van der Waals surface area (Å²) in [5.74, 6) is 0.0877. The zero-order valence-electron chi connectivity index (χ0n) is 15.7. The molecule has 136 valence electrons. The molecule has 0 spiro atoms. The highest BCUT2D eigenvalue weighted by molar-refractivity contribution is 6.07. The predicted octanol–water partition coefficient (Wildman–Crippen LogP) is 4.83. The van der Waals surface area contributed by atoms with Crippen LogP contribution in [0.3, 0.4) is 0 Å². The molecule has 0 N–H and O–H groups in total. The maximum absolute atomic E-state index is 12.8. The number of benzene rings is 2. The Labute approximate surface area is 159 Å². The summed E-state index contributed by atoms with van der Waals surface area (Å²) >= 11 is 0. The maximum Gasteiger partial charge on any atom is 0.230 e. The summed E-state index contributed by atoms with van der Waals surface area (Å²) in [6.07, 6.45) is 5.46. The lowest BCUT2D eigenvalue weighted by Gasteiger charge is -2.10. The Morgan fingerprint density at radius 2 is 1.74 bits per heavy atom. The van der Waals surface area contributed by atoms with Crippen LogP contribution in [-0.4, -0.2) is 28.5 Å². The normalized spacial score (nSPS) is 12.0. The summed E-state index contributed by atoms with van der Waals surface area (Å²) in [6.45, 7) is 4.89. The molecule has 3 rings (SSSR count). The van der Waals surface area contributed by atoms with Crippen molar-refractivity contribution in [2.75, 3.05) is 6.54 Å². The molecule has 1 heterocycles. The number of aliphatic imine (C=N–C) groups is 1. The summed E-state index contributed by atoms with van der Waals surface area (Å²) < 4.78 is 0. The van der Waals surface area contributed by atoms with E-state index in [4.69, 9.17) is 0 Å². The van der Waals surface area contributed by atoms with Gasteiger partial charge in [0, 0.05) is 30.1 Å². The van der Waals surface area contributed by atoms with Gasteiger partial charge in [0.15, 0.2) is 0 Å². The molecular formula is C23H23N3O. The number of hydrogen-bond donors (Lipinski definition) is 0. The van der Waals surface area contributed by atoms with Gasteiger partial charge in [-0.25, -0.2) is 9.97 Å². The van der Waals surface area contributed by atoms with Crippen molar-refractivity contribution in [3.8, 4) is 0 Å². The summed E-state index contributed by atoms with van der Waals surface area (Å²) in [5.41, 5.74) is 3.48. The van der Waals surface area contributed by atoms with Crippen molar-refractivity contribution in [1.29, 1.82) is 0 Å². The first-order valence-electron chi connectivity index (χ1n) is 9.26. The van der Waals surface area contributed by atoms with Gasteiger partial charge in [-0.05, 0) is 25.5 Å². The SMILES string of the molecule is CCN=C/C=C(\CC)Cc1nc(C(=O)c2ccccc2)nc2ccccc12. The number of ketones is 1. The van der Waals surface area contributed by atoms with Crippen LogP contribution in [-0.2, 0) is 6.42 Å². The Hall–Kier alpha value is -3.14. The fourth-order valence-corrected chi connectivity index (χ4v) is 2.88. The molecule has 0 saturated heterocycles. The van der Waals surface area contributed by atoms with E-state index >= 15 is 0 Å². The number of hydrogen-bond acceptors (Lipinski definition) is 4. The molecule has 0 aliphatic heterocycles. The van der Waals surface area contributed by atoms with Gasteiger partial charge in [-0.2, -0.15) is 0 Å². The van der Waals surface area contributed by atoms with Gasteiger partial charge >= 0.3 is 0 Å². The second-order valence-corrected chi connectivity index (χ2v) is 6.21. The molecule has 0 saturated carbocycles. The molecule has 0 bridgehead atoms. The summed E-state index contributed by atoms with van der Waals surface area (Å²) in [4.78, 5) is 26.3. The highest BCUT2D eigenvalue weighted by Crippen LogP contribution is 2.20. The van der Waals surface area contributed by atoms with Crippen LogP contribution in [0.1, 0.15) is 42.1 Å². The quantitative estimate of drug-likeness (QED) is 0.449. The fourth-order valence-electron chi connectivity index (χ4n) is 2.88. The number of nitrogens with zero attached hydrogens (tertiary/aromatic N) is 3. The number of aromatic nitrogens is 2. The molecule has 0 amide bonds. The molecule has 1 aromatic heterocycles. The minimum absolute atomic E-state index is 0.155. The lowest BCUT2D eigenvalue weighted by molar-refractivity contribution is 0.102. The molecule has 2 aromatic carbocycles. The highest BCUT2D eigenvalue weighted by atomic mass is 16.1. The molecule has 3 aromatic rings. The molecule has 0 unspecified atom stereocenters. The van der Waals surface area contributed by atoms with E-state index < -0.39 is 0 Å². The molecule has 4 nitrogen and oxygen atoms in total. The topological polar surface area (TPSA) is 55.2 Å². The highest BCUT2D eigenvalue weighted by Gasteiger charge is 2.16. The summed E-state index contributed by atoms with van der Waals surface area (Å²) in [5, 5.41) is 0.980. The fraction of sp³-hybridized carbons (Fsp3) is 0.217. The third-order valence-corrected chi connectivity index (χ3v) is 4.37. The first-order chi connectivity index (χ1) is 13.2. The third-order valence-electron chi connectivity index (χ3n) is 4.37. The molecule has 0 radical (unpaired) electrons. The third kappa shape index (κ3) is 4.53. The smallest absolute Gasteiger partial charge is 0.230 e. The Bertz CT molecular complexity index is 991. The molecule has 27 heavy (non-hydrogen) atoms. The van der Waals surface area contributed by atoms with Gasteiger partial charge in [-0.3, -0.25) is 9.79 Å². The van der Waals surface area contributed by atoms with Gasteiger partial charge in [0.25, 0.3) is 0 Å². The molecule has 4 heteroatoms. The van der Waals surface area contributed by atoms with Gasteiger partial charge in [0.1, 0.15) is 0 Å². The number of carbonyl (C=O) groups excluding carboxylic acids is 1. The van der Waals surface area contributed by atoms with Crippen LogP contribution in [0.25, 0.3) is 10.9 Å². The zero-order valence-corrected chi connectivity index (χ0v) is 15.7. The predicted molar refractivity (Wildman–Crippen MR) is 111 cm³/mol. The molecule has 0 fully saturated rings. The van der Waals surface area contributed by atoms with Gasteiger partial charge < -0.3 is 0 Å². The van der Waals surface area contributed by atoms with Crippen LogP contribution < -0.4 is 0 Å². The Morgan fingerprint density at radius 3 is 2.48 bits per heavy atom. The molecule has 0 aliphatic rings. The van der Waals surface area contributed by atoms with Crippen molar-refractivity contribution >= 4 is 22.9 Å². The van der Waals surface area contributed by atoms with Crippen molar-refractivity contribution in [3.05, 3.63) is 83.3 Å². The van der Waals surface area contributed by atoms with Crippen molar-refractivity contribution in [1.82, 2.24) is 9.97 Å². The lowest BCUT2D eigenvalue weighted by Crippen LogP contribution is -2.10. The number of carbonyl (C=O) groups is 1. The lowest BCUT2D eigenvalue weighted by atomic mass is 10.0. The molecular weight excluding hydrogens is 334 g/mol. The number of fused-ring (bicyclic) bond motifs is 1. The van der Waals surface area contributed by atoms with Crippen LogP contribution in [0, 0.1) is 0 Å². The van der Waals surface area contributed by atoms with Crippen molar-refractivity contribution in [2.24, 2.45) is 4.99 Å². The monoisotopic (exact) mass is 357 g/mol. The minimum atomic E-state index is -0.155. The van der Waals surface area contributed by atoms with E-state index in [1.54, 1.807) is 12.1 Å². The van der Waals surface area contributed by atoms with E-state index in [1.165, 1.54) is 5.57 Å². The average Bonchev–Trinajstić information content (AvgIpc) is 2.73. The van der Waals surface area contributed by atoms with Gasteiger partial charge in [0.2, 0.25) is 11.6 Å². The van der Waals surface area contributed by atoms with E-state index in [1.807, 2.05) is 61.7 Å². The van der Waals surface area contributed by atoms with Gasteiger partial charge in [-0.1, -0.05) is 61.0 Å². The first kappa shape index (κ1) is 18.6. The van der Waals surface area contributed by atoms with Crippen LogP contribution >= 0.6 is 0 Å². The van der Waals surface area contributed by atoms with Gasteiger partial charge in [0.05, 0.1) is 11.2 Å².